The van der Waals surface area contributed by atoms with Crippen molar-refractivity contribution in [3.8, 4) is 5.75 Å². The van der Waals surface area contributed by atoms with Gasteiger partial charge in [-0.1, -0.05) is 12.1 Å². The first-order valence-corrected chi connectivity index (χ1v) is 7.71. The van der Waals surface area contributed by atoms with Crippen molar-refractivity contribution in [2.75, 3.05) is 19.8 Å². The minimum atomic E-state index is -0.552. The molecule has 22 heavy (non-hydrogen) atoms. The van der Waals surface area contributed by atoms with E-state index in [4.69, 9.17) is 15.2 Å². The predicted octanol–water partition coefficient (Wildman–Crippen LogP) is 1.52. The summed E-state index contributed by atoms with van der Waals surface area (Å²) in [6.45, 7) is 1.68. The molecule has 1 aromatic carbocycles. The quantitative estimate of drug-likeness (QED) is 0.888. The monoisotopic (exact) mass is 308 g/mol. The summed E-state index contributed by atoms with van der Waals surface area (Å²) in [4.78, 5) is 12.4. The van der Waals surface area contributed by atoms with Gasteiger partial charge >= 0.3 is 0 Å². The number of fused-ring (bicyclic) bond motifs is 1. The summed E-state index contributed by atoms with van der Waals surface area (Å²) in [5.74, 6) is -0.210. The van der Waals surface area contributed by atoms with Crippen LogP contribution in [0.2, 0.25) is 0 Å². The van der Waals surface area contributed by atoms with E-state index in [9.17, 15) is 9.18 Å². The normalized spacial score (nSPS) is 23.3. The minimum Gasteiger partial charge on any atom is -0.490 e. The molecule has 0 radical (unpaired) electrons. The number of nitrogens with two attached hydrogens (primary N) is 1. The standard InChI is InChI=1S/C16H21FN2O3/c17-12-3-1-2-11-13(6-9-22-15(11)12)19-16(20)14(18)10-4-7-21-8-5-10/h1-3,10,13-14H,4-9,18H2,(H,19,20)/t13-,14?/m1/s1. The molecule has 1 aromatic rings. The maximum absolute atomic E-state index is 13.8. The van der Waals surface area contributed by atoms with Gasteiger partial charge in [0.1, 0.15) is 0 Å². The van der Waals surface area contributed by atoms with Gasteiger partial charge in [-0.25, -0.2) is 4.39 Å². The third-order valence-electron chi connectivity index (χ3n) is 4.42. The number of benzene rings is 1. The number of hydrogen-bond acceptors (Lipinski definition) is 4. The van der Waals surface area contributed by atoms with Gasteiger partial charge in [-0.05, 0) is 24.8 Å². The predicted molar refractivity (Wildman–Crippen MR) is 78.9 cm³/mol. The van der Waals surface area contributed by atoms with Crippen LogP contribution in [0, 0.1) is 11.7 Å². The van der Waals surface area contributed by atoms with Crippen LogP contribution in [-0.4, -0.2) is 31.8 Å². The molecule has 0 spiro atoms. The van der Waals surface area contributed by atoms with E-state index < -0.39 is 11.9 Å². The largest absolute Gasteiger partial charge is 0.490 e. The van der Waals surface area contributed by atoms with E-state index in [0.29, 0.717) is 31.8 Å². The number of amides is 1. The fourth-order valence-corrected chi connectivity index (χ4v) is 3.09. The Labute approximate surface area is 129 Å². The number of rotatable bonds is 3. The molecule has 1 unspecified atom stereocenters. The number of halogens is 1. The Morgan fingerprint density at radius 3 is 2.82 bits per heavy atom. The Morgan fingerprint density at radius 2 is 2.05 bits per heavy atom. The number of para-hydroxylation sites is 1. The number of hydrogen-bond donors (Lipinski definition) is 2. The van der Waals surface area contributed by atoms with Crippen LogP contribution < -0.4 is 15.8 Å². The SMILES string of the molecule is NC(C(=O)N[C@@H]1CCOc2c(F)cccc21)C1CCOCC1. The smallest absolute Gasteiger partial charge is 0.237 e. The topological polar surface area (TPSA) is 73.6 Å². The van der Waals surface area contributed by atoms with Crippen LogP contribution in [0.3, 0.4) is 0 Å². The van der Waals surface area contributed by atoms with E-state index in [0.717, 1.165) is 12.8 Å². The van der Waals surface area contributed by atoms with Gasteiger partial charge in [0.05, 0.1) is 18.7 Å². The van der Waals surface area contributed by atoms with Gasteiger partial charge in [0.25, 0.3) is 0 Å². The summed E-state index contributed by atoms with van der Waals surface area (Å²) >= 11 is 0. The number of carbonyl (C=O) groups is 1. The maximum Gasteiger partial charge on any atom is 0.237 e. The first-order valence-electron chi connectivity index (χ1n) is 7.71. The molecule has 2 heterocycles. The molecule has 0 bridgehead atoms. The van der Waals surface area contributed by atoms with Gasteiger partial charge in [0.2, 0.25) is 5.91 Å². The molecule has 1 fully saturated rings. The molecule has 1 saturated heterocycles. The second kappa shape index (κ2) is 6.62. The van der Waals surface area contributed by atoms with E-state index in [-0.39, 0.29) is 23.6 Å². The molecule has 1 amide bonds. The van der Waals surface area contributed by atoms with Crippen molar-refractivity contribution in [1.82, 2.24) is 5.32 Å². The highest BCUT2D eigenvalue weighted by Gasteiger charge is 2.30. The number of carbonyl (C=O) groups excluding carboxylic acids is 1. The van der Waals surface area contributed by atoms with E-state index in [1.165, 1.54) is 6.07 Å². The van der Waals surface area contributed by atoms with Crippen LogP contribution in [0.15, 0.2) is 18.2 Å². The fraction of sp³-hybridized carbons (Fsp3) is 0.562. The summed E-state index contributed by atoms with van der Waals surface area (Å²) < 4.78 is 24.4. The molecule has 2 atom stereocenters. The molecular weight excluding hydrogens is 287 g/mol. The zero-order valence-electron chi connectivity index (χ0n) is 12.4. The first-order chi connectivity index (χ1) is 10.7. The number of ether oxygens (including phenoxy) is 2. The van der Waals surface area contributed by atoms with Gasteiger partial charge in [-0.15, -0.1) is 0 Å². The van der Waals surface area contributed by atoms with Crippen LogP contribution in [0.4, 0.5) is 4.39 Å². The first kappa shape index (κ1) is 15.2. The van der Waals surface area contributed by atoms with Gasteiger partial charge in [0, 0.05) is 25.2 Å². The lowest BCUT2D eigenvalue weighted by atomic mass is 9.91. The summed E-state index contributed by atoms with van der Waals surface area (Å²) in [5, 5.41) is 2.95. The van der Waals surface area contributed by atoms with Crippen molar-refractivity contribution >= 4 is 5.91 Å². The van der Waals surface area contributed by atoms with E-state index in [1.54, 1.807) is 12.1 Å². The van der Waals surface area contributed by atoms with Crippen LogP contribution in [0.5, 0.6) is 5.75 Å². The molecule has 6 heteroatoms. The van der Waals surface area contributed by atoms with Crippen LogP contribution in [-0.2, 0) is 9.53 Å². The molecule has 2 aliphatic heterocycles. The summed E-state index contributed by atoms with van der Waals surface area (Å²) in [6.07, 6.45) is 2.21. The molecule has 0 aromatic heterocycles. The lowest BCUT2D eigenvalue weighted by Gasteiger charge is -2.31. The van der Waals surface area contributed by atoms with Gasteiger partial charge in [0.15, 0.2) is 11.6 Å². The summed E-state index contributed by atoms with van der Waals surface area (Å²) in [6, 6.07) is 3.96. The van der Waals surface area contributed by atoms with Gasteiger partial charge in [-0.3, -0.25) is 4.79 Å². The summed E-state index contributed by atoms with van der Waals surface area (Å²) in [7, 11) is 0. The van der Waals surface area contributed by atoms with Crippen molar-refractivity contribution in [1.29, 1.82) is 0 Å². The highest BCUT2D eigenvalue weighted by molar-refractivity contribution is 5.82. The Bertz CT molecular complexity index is 546. The lowest BCUT2D eigenvalue weighted by molar-refractivity contribution is -0.125. The van der Waals surface area contributed by atoms with Crippen molar-refractivity contribution in [2.45, 2.75) is 31.3 Å². The molecule has 3 N–H and O–H groups in total. The Hall–Kier alpha value is -1.66. The van der Waals surface area contributed by atoms with Crippen LogP contribution in [0.25, 0.3) is 0 Å². The molecule has 2 aliphatic rings. The van der Waals surface area contributed by atoms with Crippen molar-refractivity contribution in [3.05, 3.63) is 29.6 Å². The fourth-order valence-electron chi connectivity index (χ4n) is 3.09. The van der Waals surface area contributed by atoms with E-state index in [2.05, 4.69) is 5.32 Å². The van der Waals surface area contributed by atoms with Crippen molar-refractivity contribution < 1.29 is 18.7 Å². The summed E-state index contributed by atoms with van der Waals surface area (Å²) in [5.41, 5.74) is 6.77. The maximum atomic E-state index is 13.8. The number of nitrogens with one attached hydrogen (secondary N) is 1. The highest BCUT2D eigenvalue weighted by Crippen LogP contribution is 2.34. The third-order valence-corrected chi connectivity index (χ3v) is 4.42. The Kier molecular flexibility index (Phi) is 4.59. The lowest BCUT2D eigenvalue weighted by Crippen LogP contribution is -2.48. The molecule has 5 nitrogen and oxygen atoms in total. The zero-order chi connectivity index (χ0) is 15.5. The molecule has 120 valence electrons. The Morgan fingerprint density at radius 1 is 1.27 bits per heavy atom. The minimum absolute atomic E-state index is 0.139. The van der Waals surface area contributed by atoms with E-state index in [1.807, 2.05) is 0 Å². The molecule has 0 saturated carbocycles. The zero-order valence-corrected chi connectivity index (χ0v) is 12.4. The second-order valence-corrected chi connectivity index (χ2v) is 5.83. The van der Waals surface area contributed by atoms with E-state index >= 15 is 0 Å². The van der Waals surface area contributed by atoms with Gasteiger partial charge < -0.3 is 20.5 Å². The average molecular weight is 308 g/mol. The van der Waals surface area contributed by atoms with Gasteiger partial charge in [-0.2, -0.15) is 0 Å². The molecule has 0 aliphatic carbocycles. The third kappa shape index (κ3) is 3.08. The van der Waals surface area contributed by atoms with Crippen LogP contribution in [0.1, 0.15) is 30.9 Å². The molecule has 3 rings (SSSR count). The second-order valence-electron chi connectivity index (χ2n) is 5.83. The van der Waals surface area contributed by atoms with Crippen LogP contribution >= 0.6 is 0 Å². The van der Waals surface area contributed by atoms with Crippen molar-refractivity contribution in [3.63, 3.8) is 0 Å². The van der Waals surface area contributed by atoms with Crippen molar-refractivity contribution in [2.24, 2.45) is 11.7 Å². The highest BCUT2D eigenvalue weighted by atomic mass is 19.1. The Balaban J connectivity index is 1.68. The molecular formula is C16H21FN2O3. The average Bonchev–Trinajstić information content (AvgIpc) is 2.56.